The van der Waals surface area contributed by atoms with E-state index >= 15 is 0 Å². The highest BCUT2D eigenvalue weighted by atomic mass is 32.1. The van der Waals surface area contributed by atoms with E-state index in [2.05, 4.69) is 54.3 Å². The molecule has 0 amide bonds. The standard InChI is InChI=1S/C18H12S/c1-2-7-15(8-3-1)18-11-5-4-9-16(18)12-13-17-10-6-14-19-17/h1-11,14H. The Morgan fingerprint density at radius 1 is 0.684 bits per heavy atom. The van der Waals surface area contributed by atoms with E-state index in [9.17, 15) is 0 Å². The van der Waals surface area contributed by atoms with Crippen LogP contribution in [0, 0.1) is 11.8 Å². The molecule has 3 rings (SSSR count). The average molecular weight is 260 g/mol. The van der Waals surface area contributed by atoms with E-state index in [1.165, 1.54) is 11.1 Å². The lowest BCUT2D eigenvalue weighted by molar-refractivity contribution is 1.58. The highest BCUT2D eigenvalue weighted by Gasteiger charge is 2.01. The smallest absolute Gasteiger partial charge is 0.0772 e. The minimum absolute atomic E-state index is 1.07. The molecule has 0 fully saturated rings. The van der Waals surface area contributed by atoms with Crippen LogP contribution in [0.2, 0.25) is 0 Å². The van der Waals surface area contributed by atoms with E-state index in [4.69, 9.17) is 0 Å². The van der Waals surface area contributed by atoms with Gasteiger partial charge in [-0.1, -0.05) is 66.4 Å². The van der Waals surface area contributed by atoms with Crippen LogP contribution in [0.5, 0.6) is 0 Å². The van der Waals surface area contributed by atoms with Gasteiger partial charge >= 0.3 is 0 Å². The van der Waals surface area contributed by atoms with Gasteiger partial charge in [-0.25, -0.2) is 0 Å². The Bertz CT molecular complexity index is 713. The van der Waals surface area contributed by atoms with Crippen LogP contribution in [0.1, 0.15) is 10.4 Å². The Balaban J connectivity index is 2.03. The Labute approximate surface area is 117 Å². The highest BCUT2D eigenvalue weighted by molar-refractivity contribution is 7.10. The zero-order chi connectivity index (χ0) is 12.9. The van der Waals surface area contributed by atoms with Gasteiger partial charge in [0.25, 0.3) is 0 Å². The summed E-state index contributed by atoms with van der Waals surface area (Å²) in [5, 5.41) is 2.05. The van der Waals surface area contributed by atoms with Crippen LogP contribution in [0.15, 0.2) is 72.1 Å². The third-order valence-corrected chi connectivity index (χ3v) is 3.64. The average Bonchev–Trinajstić information content (AvgIpc) is 3.00. The maximum Gasteiger partial charge on any atom is 0.0772 e. The van der Waals surface area contributed by atoms with Crippen molar-refractivity contribution < 1.29 is 0 Å². The van der Waals surface area contributed by atoms with Crippen molar-refractivity contribution in [1.29, 1.82) is 0 Å². The number of thiophene rings is 1. The lowest BCUT2D eigenvalue weighted by atomic mass is 10.00. The first-order valence-corrected chi connectivity index (χ1v) is 7.01. The van der Waals surface area contributed by atoms with Gasteiger partial charge in [-0.15, -0.1) is 11.3 Å². The minimum Gasteiger partial charge on any atom is -0.135 e. The van der Waals surface area contributed by atoms with Crippen LogP contribution in [-0.4, -0.2) is 0 Å². The molecule has 0 nitrogen and oxygen atoms in total. The summed E-state index contributed by atoms with van der Waals surface area (Å²) in [5.41, 5.74) is 3.47. The van der Waals surface area contributed by atoms with E-state index < -0.39 is 0 Å². The van der Waals surface area contributed by atoms with E-state index in [1.807, 2.05) is 29.6 Å². The van der Waals surface area contributed by atoms with Crippen LogP contribution in [0.25, 0.3) is 11.1 Å². The van der Waals surface area contributed by atoms with Gasteiger partial charge < -0.3 is 0 Å². The van der Waals surface area contributed by atoms with Crippen LogP contribution >= 0.6 is 11.3 Å². The third kappa shape index (κ3) is 2.76. The quantitative estimate of drug-likeness (QED) is 0.550. The summed E-state index contributed by atoms with van der Waals surface area (Å²) in [4.78, 5) is 1.10. The van der Waals surface area contributed by atoms with Crippen molar-refractivity contribution in [3.63, 3.8) is 0 Å². The molecule has 1 aromatic heterocycles. The van der Waals surface area contributed by atoms with Crippen LogP contribution in [0.4, 0.5) is 0 Å². The number of rotatable bonds is 1. The van der Waals surface area contributed by atoms with Gasteiger partial charge in [0.05, 0.1) is 4.88 Å². The van der Waals surface area contributed by atoms with Crippen molar-refractivity contribution in [2.24, 2.45) is 0 Å². The molecule has 90 valence electrons. The van der Waals surface area contributed by atoms with Crippen LogP contribution in [0.3, 0.4) is 0 Å². The minimum atomic E-state index is 1.07. The molecule has 0 radical (unpaired) electrons. The van der Waals surface area contributed by atoms with Crippen molar-refractivity contribution in [1.82, 2.24) is 0 Å². The summed E-state index contributed by atoms with van der Waals surface area (Å²) in [6.45, 7) is 0. The first-order valence-electron chi connectivity index (χ1n) is 6.13. The number of hydrogen-bond acceptors (Lipinski definition) is 1. The van der Waals surface area contributed by atoms with Gasteiger partial charge in [0.15, 0.2) is 0 Å². The molecule has 19 heavy (non-hydrogen) atoms. The first-order chi connectivity index (χ1) is 9.43. The summed E-state index contributed by atoms with van der Waals surface area (Å²) in [7, 11) is 0. The van der Waals surface area contributed by atoms with Crippen LogP contribution < -0.4 is 0 Å². The van der Waals surface area contributed by atoms with Crippen molar-refractivity contribution in [3.05, 3.63) is 82.6 Å². The molecule has 2 aromatic carbocycles. The second kappa shape index (κ2) is 5.56. The van der Waals surface area contributed by atoms with Gasteiger partial charge in [0.1, 0.15) is 0 Å². The predicted octanol–water partition coefficient (Wildman–Crippen LogP) is 4.81. The maximum absolute atomic E-state index is 3.27. The molecule has 3 aromatic rings. The Morgan fingerprint density at radius 2 is 1.47 bits per heavy atom. The molecule has 0 atom stereocenters. The zero-order valence-electron chi connectivity index (χ0n) is 10.3. The molecule has 0 spiro atoms. The third-order valence-electron chi connectivity index (χ3n) is 2.85. The topological polar surface area (TPSA) is 0 Å². The molecule has 1 heteroatoms. The largest absolute Gasteiger partial charge is 0.135 e. The fourth-order valence-corrected chi connectivity index (χ4v) is 2.51. The SMILES string of the molecule is C(#Cc1ccccc1-c1ccccc1)c1cccs1. The summed E-state index contributed by atoms with van der Waals surface area (Å²) < 4.78 is 0. The molecule has 0 saturated heterocycles. The molecule has 0 aliphatic heterocycles. The molecule has 1 heterocycles. The second-order valence-electron chi connectivity index (χ2n) is 4.14. The molecule has 0 saturated carbocycles. The number of benzene rings is 2. The fraction of sp³-hybridized carbons (Fsp3) is 0. The predicted molar refractivity (Wildman–Crippen MR) is 82.2 cm³/mol. The van der Waals surface area contributed by atoms with Crippen molar-refractivity contribution in [3.8, 4) is 23.0 Å². The van der Waals surface area contributed by atoms with Gasteiger partial charge in [-0.05, 0) is 28.6 Å². The molecule has 0 N–H and O–H groups in total. The van der Waals surface area contributed by atoms with Gasteiger partial charge in [-0.3, -0.25) is 0 Å². The van der Waals surface area contributed by atoms with Gasteiger partial charge in [0.2, 0.25) is 0 Å². The molecule has 0 aliphatic rings. The lowest BCUT2D eigenvalue weighted by Crippen LogP contribution is -1.83. The molecule has 0 aliphatic carbocycles. The molecular weight excluding hydrogens is 248 g/mol. The Morgan fingerprint density at radius 3 is 2.26 bits per heavy atom. The molecule has 0 bridgehead atoms. The lowest BCUT2D eigenvalue weighted by Gasteiger charge is -2.03. The van der Waals surface area contributed by atoms with E-state index in [-0.39, 0.29) is 0 Å². The maximum atomic E-state index is 3.27. The van der Waals surface area contributed by atoms with E-state index in [0.29, 0.717) is 0 Å². The molecular formula is C18H12S. The fourth-order valence-electron chi connectivity index (χ4n) is 1.94. The van der Waals surface area contributed by atoms with Crippen molar-refractivity contribution >= 4 is 11.3 Å². The first kappa shape index (κ1) is 11.8. The highest BCUT2D eigenvalue weighted by Crippen LogP contribution is 2.22. The summed E-state index contributed by atoms with van der Waals surface area (Å²) in [6.07, 6.45) is 0. The van der Waals surface area contributed by atoms with Crippen molar-refractivity contribution in [2.75, 3.05) is 0 Å². The van der Waals surface area contributed by atoms with Gasteiger partial charge in [-0.2, -0.15) is 0 Å². The van der Waals surface area contributed by atoms with Crippen LogP contribution in [-0.2, 0) is 0 Å². The summed E-state index contributed by atoms with van der Waals surface area (Å²) in [5.74, 6) is 6.49. The second-order valence-corrected chi connectivity index (χ2v) is 5.09. The molecule has 0 unspecified atom stereocenters. The van der Waals surface area contributed by atoms with Crippen molar-refractivity contribution in [2.45, 2.75) is 0 Å². The van der Waals surface area contributed by atoms with E-state index in [1.54, 1.807) is 11.3 Å². The normalized spacial score (nSPS) is 9.68. The Hall–Kier alpha value is -2.30. The monoisotopic (exact) mass is 260 g/mol. The van der Waals surface area contributed by atoms with E-state index in [0.717, 1.165) is 10.4 Å². The number of hydrogen-bond donors (Lipinski definition) is 0. The van der Waals surface area contributed by atoms with Gasteiger partial charge in [0, 0.05) is 5.56 Å². The Kier molecular flexibility index (Phi) is 3.45. The summed E-state index contributed by atoms with van der Waals surface area (Å²) >= 11 is 1.67. The zero-order valence-corrected chi connectivity index (χ0v) is 11.2. The summed E-state index contributed by atoms with van der Waals surface area (Å²) in [6, 6.07) is 22.7.